The first kappa shape index (κ1) is 21.2. The number of unbranched alkanes of at least 4 members (excludes halogenated alkanes) is 3. The third-order valence-electron chi connectivity index (χ3n) is 4.30. The predicted molar refractivity (Wildman–Crippen MR) is 107 cm³/mol. The lowest BCUT2D eigenvalue weighted by Gasteiger charge is -2.11. The van der Waals surface area contributed by atoms with E-state index in [0.717, 1.165) is 25.3 Å². The number of nitrogens with zero attached hydrogens (tertiary/aromatic N) is 1. The van der Waals surface area contributed by atoms with E-state index in [9.17, 15) is 18.0 Å². The zero-order valence-corrected chi connectivity index (χ0v) is 17.0. The van der Waals surface area contributed by atoms with Crippen molar-refractivity contribution in [2.24, 2.45) is 0 Å². The Labute approximate surface area is 171 Å². The van der Waals surface area contributed by atoms with Crippen molar-refractivity contribution in [3.05, 3.63) is 45.1 Å². The molecular formula is C19H18ClNO7S. The van der Waals surface area contributed by atoms with E-state index in [1.54, 1.807) is 0 Å². The quantitative estimate of drug-likeness (QED) is 0.238. The molecule has 0 unspecified atom stereocenters. The average molecular weight is 440 g/mol. The first-order chi connectivity index (χ1) is 13.7. The zero-order chi connectivity index (χ0) is 21.2. The highest BCUT2D eigenvalue weighted by Crippen LogP contribution is 2.34. The Morgan fingerprint density at radius 1 is 1.24 bits per heavy atom. The lowest BCUT2D eigenvalue weighted by atomic mass is 10.00. The summed E-state index contributed by atoms with van der Waals surface area (Å²) in [7, 11) is -4.80. The molecule has 0 radical (unpaired) electrons. The number of ketones is 1. The molecule has 154 valence electrons. The van der Waals surface area contributed by atoms with Gasteiger partial charge in [-0.05, 0) is 24.6 Å². The van der Waals surface area contributed by atoms with Crippen molar-refractivity contribution in [1.82, 2.24) is 4.98 Å². The number of hydrogen-bond donors (Lipinski definition) is 1. The van der Waals surface area contributed by atoms with E-state index in [0.29, 0.717) is 6.42 Å². The van der Waals surface area contributed by atoms with Crippen LogP contribution in [0.3, 0.4) is 0 Å². The van der Waals surface area contributed by atoms with Gasteiger partial charge in [-0.15, -0.1) is 0 Å². The summed E-state index contributed by atoms with van der Waals surface area (Å²) < 4.78 is 41.0. The molecule has 29 heavy (non-hydrogen) atoms. The van der Waals surface area contributed by atoms with E-state index in [1.165, 1.54) is 18.2 Å². The van der Waals surface area contributed by atoms with E-state index in [2.05, 4.69) is 16.1 Å². The highest BCUT2D eigenvalue weighted by atomic mass is 35.5. The van der Waals surface area contributed by atoms with Crippen LogP contribution < -0.4 is 9.61 Å². The van der Waals surface area contributed by atoms with Crippen LogP contribution in [0.5, 0.6) is 5.75 Å². The summed E-state index contributed by atoms with van der Waals surface area (Å²) in [5.41, 5.74) is -0.00301. The van der Waals surface area contributed by atoms with Crippen molar-refractivity contribution in [2.45, 2.75) is 39.0 Å². The fourth-order valence-electron chi connectivity index (χ4n) is 2.96. The molecule has 3 rings (SSSR count). The van der Waals surface area contributed by atoms with E-state index in [-0.39, 0.29) is 51.1 Å². The second-order valence-electron chi connectivity index (χ2n) is 6.50. The molecule has 1 aromatic carbocycles. The Bertz CT molecular complexity index is 1200. The van der Waals surface area contributed by atoms with Gasteiger partial charge in [0.05, 0.1) is 5.02 Å². The second kappa shape index (κ2) is 8.48. The molecule has 1 aromatic rings. The Morgan fingerprint density at radius 3 is 2.69 bits per heavy atom. The van der Waals surface area contributed by atoms with Crippen LogP contribution >= 0.6 is 11.6 Å². The molecular weight excluding hydrogens is 422 g/mol. The Balaban J connectivity index is 2.10. The summed E-state index contributed by atoms with van der Waals surface area (Å²) >= 11 is 5.96. The van der Waals surface area contributed by atoms with Crippen LogP contribution in [-0.2, 0) is 10.4 Å². The summed E-state index contributed by atoms with van der Waals surface area (Å²) in [6.07, 6.45) is 3.78. The van der Waals surface area contributed by atoms with E-state index < -0.39 is 15.8 Å². The van der Waals surface area contributed by atoms with Crippen molar-refractivity contribution in [3.8, 4) is 17.2 Å². The largest absolute Gasteiger partial charge is 0.452 e. The average Bonchev–Trinajstić information content (AvgIpc) is 2.63. The molecule has 8 nitrogen and oxygen atoms in total. The molecule has 0 bridgehead atoms. The number of Topliss-reactive ketones (excluding diaryl/α,β-unsaturated/α-hetero) is 1. The number of halogens is 1. The van der Waals surface area contributed by atoms with Crippen molar-refractivity contribution in [2.75, 3.05) is 0 Å². The second-order valence-corrected chi connectivity index (χ2v) is 7.93. The zero-order valence-electron chi connectivity index (χ0n) is 15.5. The number of benzene rings is 2. The van der Waals surface area contributed by atoms with Crippen molar-refractivity contribution >= 4 is 38.9 Å². The van der Waals surface area contributed by atoms with Gasteiger partial charge in [-0.25, -0.2) is 4.98 Å². The molecule has 2 aliphatic rings. The van der Waals surface area contributed by atoms with Gasteiger partial charge in [0.2, 0.25) is 0 Å². The van der Waals surface area contributed by atoms with Gasteiger partial charge in [0.25, 0.3) is 0 Å². The molecule has 0 spiro atoms. The van der Waals surface area contributed by atoms with E-state index in [1.807, 2.05) is 0 Å². The van der Waals surface area contributed by atoms with E-state index >= 15 is 0 Å². The molecule has 1 N–H and O–H groups in total. The number of rotatable bonds is 8. The predicted octanol–water partition coefficient (Wildman–Crippen LogP) is 4.28. The van der Waals surface area contributed by atoms with Crippen LogP contribution in [-0.4, -0.2) is 23.7 Å². The Kier molecular flexibility index (Phi) is 6.21. The topological polar surface area (TPSA) is 124 Å². The van der Waals surface area contributed by atoms with Crippen molar-refractivity contribution < 1.29 is 26.4 Å². The minimum atomic E-state index is -4.80. The van der Waals surface area contributed by atoms with Crippen LogP contribution in [0.1, 0.15) is 49.4 Å². The standard InChI is InChI=1S/C19H18ClNO7S/c1-2-3-4-5-6-14(22)18-15(23)8-7-12-19(18)27-17-10-16(28-29(24,25)26)11(20)9-13(17)21-12/h7-10H,2-6H2,1H3,(H,24,25,26). The number of carbonyl (C=O) groups is 1. The first-order valence-electron chi connectivity index (χ1n) is 8.97. The molecule has 0 aromatic heterocycles. The summed E-state index contributed by atoms with van der Waals surface area (Å²) in [5.74, 6) is -0.715. The maximum atomic E-state index is 12.6. The summed E-state index contributed by atoms with van der Waals surface area (Å²) in [6.45, 7) is 2.06. The normalized spacial score (nSPS) is 11.8. The van der Waals surface area contributed by atoms with Crippen LogP contribution in [0.2, 0.25) is 5.02 Å². The number of aromatic nitrogens is 1. The number of fused-ring (bicyclic) bond motifs is 2. The maximum absolute atomic E-state index is 12.6. The van der Waals surface area contributed by atoms with Crippen LogP contribution in [0.25, 0.3) is 22.6 Å². The molecule has 0 saturated carbocycles. The molecule has 0 fully saturated rings. The smallest absolute Gasteiger partial charge is 0.446 e. The van der Waals surface area contributed by atoms with Gasteiger partial charge in [-0.3, -0.25) is 14.1 Å². The molecule has 10 heteroatoms. The third kappa shape index (κ3) is 4.92. The molecule has 1 heterocycles. The highest BCUT2D eigenvalue weighted by molar-refractivity contribution is 7.81. The lowest BCUT2D eigenvalue weighted by molar-refractivity contribution is 0.0977. The molecule has 1 aliphatic carbocycles. The van der Waals surface area contributed by atoms with Gasteiger partial charge in [-0.2, -0.15) is 8.42 Å². The van der Waals surface area contributed by atoms with Gasteiger partial charge in [-0.1, -0.05) is 37.8 Å². The third-order valence-corrected chi connectivity index (χ3v) is 4.98. The molecule has 1 aliphatic heterocycles. The van der Waals surface area contributed by atoms with Gasteiger partial charge in [0, 0.05) is 12.5 Å². The minimum absolute atomic E-state index is 0.00520. The Morgan fingerprint density at radius 2 is 2.00 bits per heavy atom. The van der Waals surface area contributed by atoms with Crippen LogP contribution in [0.4, 0.5) is 0 Å². The fraction of sp³-hybridized carbons (Fsp3) is 0.316. The van der Waals surface area contributed by atoms with Gasteiger partial charge >= 0.3 is 10.4 Å². The van der Waals surface area contributed by atoms with Crippen LogP contribution in [0, 0.1) is 0 Å². The molecule has 0 saturated heterocycles. The van der Waals surface area contributed by atoms with Gasteiger partial charge in [0.1, 0.15) is 16.8 Å². The van der Waals surface area contributed by atoms with Gasteiger partial charge in [0.15, 0.2) is 28.3 Å². The molecule has 0 amide bonds. The van der Waals surface area contributed by atoms with Gasteiger partial charge < -0.3 is 8.60 Å². The maximum Gasteiger partial charge on any atom is 0.446 e. The SMILES string of the molecule is CCCCCCC(=O)c1c2oc3cc(OS(=O)(=O)O)c(Cl)cc3nc-2ccc1=O. The molecule has 0 atom stereocenters. The lowest BCUT2D eigenvalue weighted by Crippen LogP contribution is -2.17. The highest BCUT2D eigenvalue weighted by Gasteiger charge is 2.23. The van der Waals surface area contributed by atoms with Crippen molar-refractivity contribution in [3.63, 3.8) is 0 Å². The summed E-state index contributed by atoms with van der Waals surface area (Å²) in [6, 6.07) is 5.10. The minimum Gasteiger partial charge on any atom is -0.452 e. The van der Waals surface area contributed by atoms with Crippen LogP contribution in [0.15, 0.2) is 33.5 Å². The number of hydrogen-bond acceptors (Lipinski definition) is 7. The van der Waals surface area contributed by atoms with E-state index in [4.69, 9.17) is 20.6 Å². The summed E-state index contributed by atoms with van der Waals surface area (Å²) in [4.78, 5) is 29.3. The Hall–Kier alpha value is -2.49. The monoisotopic (exact) mass is 439 g/mol. The summed E-state index contributed by atoms with van der Waals surface area (Å²) in [5, 5.41) is -0.121. The number of carbonyl (C=O) groups excluding carboxylic acids is 1. The van der Waals surface area contributed by atoms with Crippen molar-refractivity contribution in [1.29, 1.82) is 0 Å². The fourth-order valence-corrected chi connectivity index (χ4v) is 3.56. The first-order valence-corrected chi connectivity index (χ1v) is 10.7.